The Bertz CT molecular complexity index is 558. The van der Waals surface area contributed by atoms with E-state index in [1.54, 1.807) is 0 Å². The van der Waals surface area contributed by atoms with Crippen LogP contribution in [-0.4, -0.2) is 21.5 Å². The molecule has 100 valence electrons. The maximum absolute atomic E-state index is 13.3. The number of hydrogen-bond donors (Lipinski definition) is 2. The predicted octanol–water partition coefficient (Wildman–Crippen LogP) is 0.897. The quantitative estimate of drug-likeness (QED) is 0.621. The van der Waals surface area contributed by atoms with Gasteiger partial charge < -0.3 is 5.73 Å². The fourth-order valence-corrected chi connectivity index (χ4v) is 2.17. The lowest BCUT2D eigenvalue weighted by Gasteiger charge is -2.06. The van der Waals surface area contributed by atoms with Crippen LogP contribution in [0.5, 0.6) is 0 Å². The Balaban J connectivity index is 2.99. The molecule has 4 nitrogen and oxygen atoms in total. The van der Waals surface area contributed by atoms with Crippen LogP contribution >= 0.6 is 0 Å². The molecule has 0 bridgehead atoms. The van der Waals surface area contributed by atoms with Gasteiger partial charge in [0.1, 0.15) is 4.90 Å². The Hall–Kier alpha value is -1.38. The summed E-state index contributed by atoms with van der Waals surface area (Å²) < 4.78 is 63.9. The van der Waals surface area contributed by atoms with Gasteiger partial charge in [-0.3, -0.25) is 0 Å². The van der Waals surface area contributed by atoms with Gasteiger partial charge in [0, 0.05) is 13.1 Å². The van der Waals surface area contributed by atoms with Crippen molar-refractivity contribution < 1.29 is 21.6 Å². The third-order valence-corrected chi connectivity index (χ3v) is 3.42. The van der Waals surface area contributed by atoms with Crippen LogP contribution < -0.4 is 10.5 Å². The van der Waals surface area contributed by atoms with Crippen LogP contribution in [0.15, 0.2) is 29.2 Å². The molecular weight excluding hydrogens is 269 g/mol. The SMILES string of the molecule is NC/C=C/CNS(=O)(=O)c1ccc(F)c(F)c1F. The number of nitrogens with one attached hydrogen (secondary N) is 1. The van der Waals surface area contributed by atoms with E-state index in [4.69, 9.17) is 5.73 Å². The minimum Gasteiger partial charge on any atom is -0.327 e. The van der Waals surface area contributed by atoms with Crippen LogP contribution in [-0.2, 0) is 10.0 Å². The Morgan fingerprint density at radius 2 is 1.83 bits per heavy atom. The van der Waals surface area contributed by atoms with Gasteiger partial charge in [-0.2, -0.15) is 0 Å². The summed E-state index contributed by atoms with van der Waals surface area (Å²) in [4.78, 5) is -0.942. The molecule has 18 heavy (non-hydrogen) atoms. The number of nitrogens with two attached hydrogens (primary N) is 1. The molecule has 0 heterocycles. The molecule has 0 saturated carbocycles. The first-order chi connectivity index (χ1) is 8.40. The minimum atomic E-state index is -4.23. The van der Waals surface area contributed by atoms with E-state index in [2.05, 4.69) is 0 Å². The molecule has 3 N–H and O–H groups in total. The van der Waals surface area contributed by atoms with Gasteiger partial charge in [-0.25, -0.2) is 26.3 Å². The van der Waals surface area contributed by atoms with E-state index < -0.39 is 32.4 Å². The van der Waals surface area contributed by atoms with Gasteiger partial charge in [0.25, 0.3) is 0 Å². The van der Waals surface area contributed by atoms with E-state index in [0.29, 0.717) is 12.1 Å². The molecule has 1 aromatic carbocycles. The van der Waals surface area contributed by atoms with Crippen LogP contribution in [0.4, 0.5) is 13.2 Å². The van der Waals surface area contributed by atoms with E-state index in [1.807, 2.05) is 4.72 Å². The van der Waals surface area contributed by atoms with Crippen molar-refractivity contribution in [1.82, 2.24) is 4.72 Å². The molecule has 0 radical (unpaired) electrons. The molecule has 0 unspecified atom stereocenters. The zero-order valence-electron chi connectivity index (χ0n) is 9.16. The van der Waals surface area contributed by atoms with Crippen LogP contribution in [0.3, 0.4) is 0 Å². The van der Waals surface area contributed by atoms with Gasteiger partial charge in [-0.1, -0.05) is 12.2 Å². The van der Waals surface area contributed by atoms with E-state index in [0.717, 1.165) is 0 Å². The maximum atomic E-state index is 13.3. The standard InChI is InChI=1S/C10H11F3N2O2S/c11-7-3-4-8(10(13)9(7)12)18(16,17)15-6-2-1-5-14/h1-4,15H,5-6,14H2/b2-1+. The Morgan fingerprint density at radius 3 is 2.44 bits per heavy atom. The lowest BCUT2D eigenvalue weighted by Crippen LogP contribution is -2.25. The number of benzene rings is 1. The van der Waals surface area contributed by atoms with Crippen LogP contribution in [0.1, 0.15) is 0 Å². The van der Waals surface area contributed by atoms with Crippen molar-refractivity contribution >= 4 is 10.0 Å². The topological polar surface area (TPSA) is 72.2 Å². The highest BCUT2D eigenvalue weighted by Gasteiger charge is 2.23. The van der Waals surface area contributed by atoms with E-state index in [-0.39, 0.29) is 13.1 Å². The summed E-state index contributed by atoms with van der Waals surface area (Å²) in [6.07, 6.45) is 2.90. The van der Waals surface area contributed by atoms with Crippen LogP contribution in [0.2, 0.25) is 0 Å². The average Bonchev–Trinajstić information content (AvgIpc) is 2.31. The third kappa shape index (κ3) is 3.31. The second-order valence-corrected chi connectivity index (χ2v) is 4.97. The van der Waals surface area contributed by atoms with Gasteiger partial charge in [0.15, 0.2) is 17.5 Å². The monoisotopic (exact) mass is 280 g/mol. The van der Waals surface area contributed by atoms with Crippen molar-refractivity contribution in [3.63, 3.8) is 0 Å². The second kappa shape index (κ2) is 5.98. The average molecular weight is 280 g/mol. The summed E-state index contributed by atoms with van der Waals surface area (Å²) in [5.74, 6) is -5.02. The molecular formula is C10H11F3N2O2S. The highest BCUT2D eigenvalue weighted by Crippen LogP contribution is 2.19. The van der Waals surface area contributed by atoms with Crippen molar-refractivity contribution in [1.29, 1.82) is 0 Å². The molecule has 0 saturated heterocycles. The first-order valence-electron chi connectivity index (χ1n) is 4.88. The highest BCUT2D eigenvalue weighted by molar-refractivity contribution is 7.89. The zero-order valence-corrected chi connectivity index (χ0v) is 9.98. The molecule has 1 aromatic rings. The zero-order chi connectivity index (χ0) is 13.8. The Labute approximate surface area is 102 Å². The van der Waals surface area contributed by atoms with Crippen molar-refractivity contribution in [3.05, 3.63) is 41.7 Å². The molecule has 0 atom stereocenters. The summed E-state index contributed by atoms with van der Waals surface area (Å²) in [6, 6.07) is 1.20. The molecule has 1 rings (SSSR count). The number of sulfonamides is 1. The smallest absolute Gasteiger partial charge is 0.243 e. The fraction of sp³-hybridized carbons (Fsp3) is 0.200. The highest BCUT2D eigenvalue weighted by atomic mass is 32.2. The van der Waals surface area contributed by atoms with Crippen molar-refractivity contribution in [3.8, 4) is 0 Å². The fourth-order valence-electron chi connectivity index (χ4n) is 1.13. The van der Waals surface area contributed by atoms with Gasteiger partial charge >= 0.3 is 0 Å². The first kappa shape index (κ1) is 14.7. The summed E-state index contributed by atoms with van der Waals surface area (Å²) in [5, 5.41) is 0. The Morgan fingerprint density at radius 1 is 1.17 bits per heavy atom. The van der Waals surface area contributed by atoms with E-state index in [1.165, 1.54) is 12.2 Å². The van der Waals surface area contributed by atoms with Gasteiger partial charge in [-0.05, 0) is 12.1 Å². The number of halogens is 3. The minimum absolute atomic E-state index is 0.127. The van der Waals surface area contributed by atoms with Gasteiger partial charge in [0.05, 0.1) is 0 Å². The van der Waals surface area contributed by atoms with Crippen LogP contribution in [0, 0.1) is 17.5 Å². The predicted molar refractivity (Wildman–Crippen MR) is 59.7 cm³/mol. The molecule has 0 aliphatic heterocycles. The third-order valence-electron chi connectivity index (χ3n) is 1.98. The normalized spacial score (nSPS) is 12.2. The van der Waals surface area contributed by atoms with E-state index >= 15 is 0 Å². The van der Waals surface area contributed by atoms with Crippen molar-refractivity contribution in [2.75, 3.05) is 13.1 Å². The molecule has 0 amide bonds. The molecule has 0 aliphatic carbocycles. The summed E-state index contributed by atoms with van der Waals surface area (Å²) >= 11 is 0. The molecule has 8 heteroatoms. The number of hydrogen-bond acceptors (Lipinski definition) is 3. The molecule has 0 spiro atoms. The van der Waals surface area contributed by atoms with Crippen molar-refractivity contribution in [2.24, 2.45) is 5.73 Å². The van der Waals surface area contributed by atoms with Crippen molar-refractivity contribution in [2.45, 2.75) is 4.90 Å². The summed E-state index contributed by atoms with van der Waals surface area (Å²) in [7, 11) is -4.23. The maximum Gasteiger partial charge on any atom is 0.243 e. The molecule has 0 fully saturated rings. The van der Waals surface area contributed by atoms with Gasteiger partial charge in [0.2, 0.25) is 10.0 Å². The first-order valence-corrected chi connectivity index (χ1v) is 6.36. The van der Waals surface area contributed by atoms with Gasteiger partial charge in [-0.15, -0.1) is 0 Å². The molecule has 0 aliphatic rings. The van der Waals surface area contributed by atoms with E-state index in [9.17, 15) is 21.6 Å². The summed E-state index contributed by atoms with van der Waals surface area (Å²) in [6.45, 7) is 0.0965. The Kier molecular flexibility index (Phi) is 4.88. The molecule has 0 aromatic heterocycles. The lowest BCUT2D eigenvalue weighted by molar-refractivity contribution is 0.432. The second-order valence-electron chi connectivity index (χ2n) is 3.23. The lowest BCUT2D eigenvalue weighted by atomic mass is 10.3. The largest absolute Gasteiger partial charge is 0.327 e. The number of rotatable bonds is 5. The summed E-state index contributed by atoms with van der Waals surface area (Å²) in [5.41, 5.74) is 5.13. The van der Waals surface area contributed by atoms with Crippen LogP contribution in [0.25, 0.3) is 0 Å².